The first kappa shape index (κ1) is 31.4. The van der Waals surface area contributed by atoms with Crippen molar-refractivity contribution in [1.29, 1.82) is 0 Å². The number of aliphatic hydroxyl groups excluding tert-OH is 1. The van der Waals surface area contributed by atoms with E-state index in [9.17, 15) is 23.2 Å². The number of nitrogens with zero attached hydrogens (tertiary/aromatic N) is 4. The second kappa shape index (κ2) is 12.4. The fourth-order valence-electron chi connectivity index (χ4n) is 4.21. The summed E-state index contributed by atoms with van der Waals surface area (Å²) in [4.78, 5) is 24.3. The molecule has 1 aliphatic heterocycles. The van der Waals surface area contributed by atoms with Crippen LogP contribution in [0.15, 0.2) is 36.7 Å². The molecule has 3 aromatic rings. The first-order valence-electron chi connectivity index (χ1n) is 12.7. The monoisotopic (exact) mass is 617 g/mol. The second-order valence-corrected chi connectivity index (χ2v) is 11.3. The van der Waals surface area contributed by atoms with Gasteiger partial charge in [0.05, 0.1) is 19.0 Å². The third-order valence-electron chi connectivity index (χ3n) is 6.19. The Morgan fingerprint density at radius 2 is 1.95 bits per heavy atom. The Labute approximate surface area is 238 Å². The van der Waals surface area contributed by atoms with Crippen molar-refractivity contribution in [2.45, 2.75) is 63.4 Å². The van der Waals surface area contributed by atoms with Gasteiger partial charge in [-0.2, -0.15) is 15.1 Å². The molecule has 1 aliphatic rings. The molecule has 6 atom stereocenters. The molecule has 0 radical (unpaired) electrons. The van der Waals surface area contributed by atoms with Crippen LogP contribution in [0.25, 0.3) is 11.2 Å². The predicted molar refractivity (Wildman–Crippen MR) is 143 cm³/mol. The van der Waals surface area contributed by atoms with Gasteiger partial charge in [0.25, 0.3) is 6.43 Å². The molecular formula is C24H31F3N7O7P. The third-order valence-corrected chi connectivity index (χ3v) is 7.83. The molecule has 14 nitrogen and oxygen atoms in total. The van der Waals surface area contributed by atoms with Gasteiger partial charge in [0.1, 0.15) is 24.0 Å². The SMILES string of the molecule is CNc1nc(N)nc2c1ncn2[C@@H]1O[C@H](COP(=O)(NC(C)C(=O)OC(C)C)Oc2ccccc2)[C@@H](O)[C@]1(F)C(F)F. The van der Waals surface area contributed by atoms with E-state index in [1.807, 2.05) is 0 Å². The molecule has 42 heavy (non-hydrogen) atoms. The summed E-state index contributed by atoms with van der Waals surface area (Å²) in [7, 11) is -2.98. The van der Waals surface area contributed by atoms with Gasteiger partial charge in [0, 0.05) is 7.05 Å². The molecule has 0 aliphatic carbocycles. The number of carbonyl (C=O) groups is 1. The number of esters is 1. The van der Waals surface area contributed by atoms with Crippen LogP contribution in [0.2, 0.25) is 0 Å². The maximum absolute atomic E-state index is 16.0. The number of aliphatic hydroxyl groups is 1. The van der Waals surface area contributed by atoms with E-state index in [4.69, 9.17) is 24.3 Å². The number of alkyl halides is 3. The minimum Gasteiger partial charge on any atom is -0.462 e. The zero-order valence-corrected chi connectivity index (χ0v) is 23.9. The molecule has 1 aromatic carbocycles. The van der Waals surface area contributed by atoms with Gasteiger partial charge in [-0.1, -0.05) is 18.2 Å². The maximum atomic E-state index is 16.0. The molecule has 4 rings (SSSR count). The molecule has 0 bridgehead atoms. The standard InChI is InChI=1S/C24H31F3N7O7P/c1-12(2)39-20(36)13(3)33-42(37,41-14-8-6-5-7-9-14)38-10-15-17(35)24(27,21(25)26)22(40-15)34-11-30-16-18(29-4)31-23(28)32-19(16)34/h5-9,11-13,15,17,21-22,35H,10H2,1-4H3,(H,33,37)(H3,28,29,31,32)/t13?,15-,17-,22-,24+,42?/m1/s1. The van der Waals surface area contributed by atoms with Crippen LogP contribution in [0.3, 0.4) is 0 Å². The number of nitrogen functional groups attached to an aromatic ring is 1. The minimum atomic E-state index is -4.49. The average molecular weight is 618 g/mol. The Kier molecular flexibility index (Phi) is 9.27. The second-order valence-electron chi connectivity index (χ2n) is 9.64. The van der Waals surface area contributed by atoms with Gasteiger partial charge in [0.15, 0.2) is 23.2 Å². The van der Waals surface area contributed by atoms with E-state index in [1.54, 1.807) is 32.0 Å². The van der Waals surface area contributed by atoms with Crippen molar-refractivity contribution in [3.8, 4) is 5.75 Å². The zero-order valence-electron chi connectivity index (χ0n) is 23.0. The number of imidazole rings is 1. The molecule has 3 heterocycles. The first-order valence-corrected chi connectivity index (χ1v) is 14.3. The van der Waals surface area contributed by atoms with Crippen molar-refractivity contribution < 1.29 is 46.2 Å². The van der Waals surface area contributed by atoms with E-state index >= 15 is 4.39 Å². The normalized spacial score (nSPS) is 24.6. The molecule has 1 fully saturated rings. The van der Waals surface area contributed by atoms with Crippen molar-refractivity contribution in [2.24, 2.45) is 0 Å². The highest BCUT2D eigenvalue weighted by Crippen LogP contribution is 2.50. The molecule has 2 unspecified atom stereocenters. The van der Waals surface area contributed by atoms with Crippen molar-refractivity contribution in [2.75, 3.05) is 24.7 Å². The van der Waals surface area contributed by atoms with Gasteiger partial charge in [-0.3, -0.25) is 13.9 Å². The smallest absolute Gasteiger partial charge is 0.459 e. The van der Waals surface area contributed by atoms with Crippen LogP contribution in [0, 0.1) is 0 Å². The van der Waals surface area contributed by atoms with Gasteiger partial charge < -0.3 is 30.2 Å². The molecule has 2 aromatic heterocycles. The number of para-hydroxylation sites is 1. The van der Waals surface area contributed by atoms with E-state index in [0.717, 1.165) is 10.9 Å². The van der Waals surface area contributed by atoms with E-state index in [-0.39, 0.29) is 28.7 Å². The highest BCUT2D eigenvalue weighted by molar-refractivity contribution is 7.52. The van der Waals surface area contributed by atoms with E-state index in [0.29, 0.717) is 0 Å². The third kappa shape index (κ3) is 6.29. The first-order chi connectivity index (χ1) is 19.8. The van der Waals surface area contributed by atoms with Crippen molar-refractivity contribution >= 4 is 36.6 Å². The summed E-state index contributed by atoms with van der Waals surface area (Å²) >= 11 is 0. The predicted octanol–water partition coefficient (Wildman–Crippen LogP) is 2.82. The number of hydrogen-bond acceptors (Lipinski definition) is 12. The number of benzene rings is 1. The van der Waals surface area contributed by atoms with Gasteiger partial charge in [-0.05, 0) is 32.9 Å². The van der Waals surface area contributed by atoms with Crippen LogP contribution in [0.4, 0.5) is 24.9 Å². The fraction of sp³-hybridized carbons (Fsp3) is 0.500. The molecule has 5 N–H and O–H groups in total. The molecule has 1 saturated heterocycles. The molecule has 0 spiro atoms. The number of rotatable bonds is 12. The van der Waals surface area contributed by atoms with Crippen LogP contribution in [-0.2, 0) is 23.4 Å². The van der Waals surface area contributed by atoms with Crippen LogP contribution < -0.4 is 20.7 Å². The number of carbonyl (C=O) groups excluding carboxylic acids is 1. The zero-order chi connectivity index (χ0) is 30.8. The maximum Gasteiger partial charge on any atom is 0.459 e. The number of halogens is 3. The van der Waals surface area contributed by atoms with E-state index < -0.39 is 63.0 Å². The number of hydrogen-bond donors (Lipinski definition) is 4. The summed E-state index contributed by atoms with van der Waals surface area (Å²) in [5.41, 5.74) is 1.96. The Morgan fingerprint density at radius 1 is 1.26 bits per heavy atom. The van der Waals surface area contributed by atoms with Crippen molar-refractivity contribution in [3.63, 3.8) is 0 Å². The number of ether oxygens (including phenoxy) is 2. The largest absolute Gasteiger partial charge is 0.462 e. The van der Waals surface area contributed by atoms with Gasteiger partial charge >= 0.3 is 13.7 Å². The molecule has 0 amide bonds. The van der Waals surface area contributed by atoms with E-state index in [2.05, 4.69) is 25.4 Å². The molecule has 230 valence electrons. The lowest BCUT2D eigenvalue weighted by atomic mass is 9.96. The lowest BCUT2D eigenvalue weighted by molar-refractivity contribution is -0.149. The Hall–Kier alpha value is -3.50. The number of fused-ring (bicyclic) bond motifs is 1. The number of anilines is 2. The van der Waals surface area contributed by atoms with Crippen LogP contribution in [-0.4, -0.2) is 80.7 Å². The Balaban J connectivity index is 1.62. The lowest BCUT2D eigenvalue weighted by Gasteiger charge is -2.28. The van der Waals surface area contributed by atoms with Crippen LogP contribution >= 0.6 is 7.75 Å². The average Bonchev–Trinajstić information content (AvgIpc) is 3.45. The van der Waals surface area contributed by atoms with Crippen LogP contribution in [0.5, 0.6) is 5.75 Å². The fourth-order valence-corrected chi connectivity index (χ4v) is 5.71. The summed E-state index contributed by atoms with van der Waals surface area (Å²) in [6.07, 6.45) is -9.67. The Bertz CT molecular complexity index is 1450. The van der Waals surface area contributed by atoms with Crippen molar-refractivity contribution in [1.82, 2.24) is 24.6 Å². The highest BCUT2D eigenvalue weighted by Gasteiger charge is 2.64. The summed E-state index contributed by atoms with van der Waals surface area (Å²) < 4.78 is 80.7. The highest BCUT2D eigenvalue weighted by atomic mass is 31.2. The molecule has 0 saturated carbocycles. The lowest BCUT2D eigenvalue weighted by Crippen LogP contribution is -2.49. The number of aromatic nitrogens is 4. The summed E-state index contributed by atoms with van der Waals surface area (Å²) in [6, 6.07) is 6.51. The summed E-state index contributed by atoms with van der Waals surface area (Å²) in [6.45, 7) is 3.68. The quantitative estimate of drug-likeness (QED) is 0.172. The van der Waals surface area contributed by atoms with Gasteiger partial charge in [-0.25, -0.2) is 22.7 Å². The summed E-state index contributed by atoms with van der Waals surface area (Å²) in [5, 5.41) is 15.9. The van der Waals surface area contributed by atoms with Gasteiger partial charge in [0.2, 0.25) is 11.6 Å². The molecular weight excluding hydrogens is 586 g/mol. The molecule has 18 heteroatoms. The Morgan fingerprint density at radius 3 is 2.57 bits per heavy atom. The number of nitrogens with one attached hydrogen (secondary N) is 2. The minimum absolute atomic E-state index is 0.0680. The van der Waals surface area contributed by atoms with Gasteiger partial charge in [-0.15, -0.1) is 0 Å². The van der Waals surface area contributed by atoms with E-state index in [1.165, 1.54) is 26.1 Å². The number of nitrogens with two attached hydrogens (primary N) is 1. The van der Waals surface area contributed by atoms with Crippen molar-refractivity contribution in [3.05, 3.63) is 36.7 Å². The topological polar surface area (TPSA) is 185 Å². The van der Waals surface area contributed by atoms with Crippen LogP contribution in [0.1, 0.15) is 27.0 Å². The summed E-state index contributed by atoms with van der Waals surface area (Å²) in [5.74, 6) is -0.828.